The summed E-state index contributed by atoms with van der Waals surface area (Å²) in [6, 6.07) is 9.54. The molecule has 0 spiro atoms. The molecule has 5 rings (SSSR count). The van der Waals surface area contributed by atoms with Gasteiger partial charge in [-0.3, -0.25) is 0 Å². The second kappa shape index (κ2) is 8.62. The number of fused-ring (bicyclic) bond motifs is 1. The highest BCUT2D eigenvalue weighted by molar-refractivity contribution is 7.91. The molecule has 0 amide bonds. The van der Waals surface area contributed by atoms with Crippen LogP contribution in [0.5, 0.6) is 11.5 Å². The van der Waals surface area contributed by atoms with Gasteiger partial charge < -0.3 is 14.4 Å². The number of aryl methyl sites for hydroxylation is 1. The van der Waals surface area contributed by atoms with Crippen LogP contribution in [0.4, 0.5) is 10.3 Å². The molecule has 1 unspecified atom stereocenters. The summed E-state index contributed by atoms with van der Waals surface area (Å²) in [6.07, 6.45) is 5.55. The van der Waals surface area contributed by atoms with Crippen LogP contribution in [0.15, 0.2) is 53.7 Å². The first-order valence-electron chi connectivity index (χ1n) is 10.9. The molecule has 0 aliphatic carbocycles. The van der Waals surface area contributed by atoms with Crippen molar-refractivity contribution in [2.45, 2.75) is 24.7 Å². The van der Waals surface area contributed by atoms with E-state index in [1.165, 1.54) is 12.1 Å². The molecule has 7 nitrogen and oxygen atoms in total. The summed E-state index contributed by atoms with van der Waals surface area (Å²) in [5.74, 6) is 0.649. The van der Waals surface area contributed by atoms with Gasteiger partial charge in [0, 0.05) is 31.4 Å². The Labute approximate surface area is 192 Å². The Bertz CT molecular complexity index is 1280. The fourth-order valence-corrected chi connectivity index (χ4v) is 5.22. The Kier molecular flexibility index (Phi) is 5.65. The van der Waals surface area contributed by atoms with E-state index < -0.39 is 15.7 Å². The van der Waals surface area contributed by atoms with Crippen molar-refractivity contribution in [3.8, 4) is 22.6 Å². The van der Waals surface area contributed by atoms with Crippen LogP contribution in [-0.2, 0) is 16.3 Å². The molecule has 0 N–H and O–H groups in total. The third-order valence-corrected chi connectivity index (χ3v) is 7.49. The molecule has 1 atom stereocenters. The van der Waals surface area contributed by atoms with Gasteiger partial charge in [0.1, 0.15) is 10.6 Å². The van der Waals surface area contributed by atoms with Gasteiger partial charge in [0.05, 0.1) is 6.61 Å². The number of aromatic nitrogens is 2. The molecule has 2 aliphatic heterocycles. The minimum atomic E-state index is -3.39. The normalized spacial score (nSPS) is 18.7. The van der Waals surface area contributed by atoms with E-state index in [1.807, 2.05) is 12.4 Å². The first-order valence-corrected chi connectivity index (χ1v) is 12.6. The number of sulfone groups is 1. The van der Waals surface area contributed by atoms with E-state index in [-0.39, 0.29) is 22.5 Å². The van der Waals surface area contributed by atoms with Crippen LogP contribution in [0.3, 0.4) is 0 Å². The van der Waals surface area contributed by atoms with Crippen LogP contribution >= 0.6 is 0 Å². The molecule has 3 aromatic rings. The van der Waals surface area contributed by atoms with Crippen LogP contribution in [0.1, 0.15) is 18.9 Å². The summed E-state index contributed by atoms with van der Waals surface area (Å²) in [7, 11) is -3.39. The topological polar surface area (TPSA) is 81.6 Å². The summed E-state index contributed by atoms with van der Waals surface area (Å²) in [4.78, 5) is 11.2. The smallest absolute Gasteiger partial charge is 0.225 e. The van der Waals surface area contributed by atoms with E-state index in [9.17, 15) is 12.8 Å². The van der Waals surface area contributed by atoms with Crippen LogP contribution in [0.2, 0.25) is 0 Å². The maximum Gasteiger partial charge on any atom is 0.225 e. The largest absolute Gasteiger partial charge is 0.490 e. The Morgan fingerprint density at radius 3 is 2.67 bits per heavy atom. The molecule has 2 aromatic carbocycles. The number of hydrogen-bond donors (Lipinski definition) is 0. The maximum atomic E-state index is 14.7. The number of anilines is 1. The van der Waals surface area contributed by atoms with Gasteiger partial charge in [0.15, 0.2) is 17.5 Å². The van der Waals surface area contributed by atoms with Crippen LogP contribution in [0.25, 0.3) is 11.1 Å². The highest BCUT2D eigenvalue weighted by Gasteiger charge is 2.28. The first kappa shape index (κ1) is 21.6. The van der Waals surface area contributed by atoms with E-state index >= 15 is 0 Å². The fourth-order valence-electron chi connectivity index (χ4n) is 4.11. The van der Waals surface area contributed by atoms with Gasteiger partial charge in [-0.25, -0.2) is 22.8 Å². The molecule has 0 radical (unpaired) electrons. The quantitative estimate of drug-likeness (QED) is 0.542. The zero-order valence-electron chi connectivity index (χ0n) is 18.2. The number of nitrogens with zero attached hydrogens (tertiary/aromatic N) is 3. The van der Waals surface area contributed by atoms with Crippen LogP contribution in [0, 0.1) is 11.7 Å². The average Bonchev–Trinajstić information content (AvgIpc) is 3.42. The molecule has 9 heteroatoms. The SMILES string of the molecule is CCc1cnc(N2CCC(COc3ccc(-c4ccc5c(c4)OCS5(=O)=O)cc3F)C2)nc1. The second-order valence-corrected chi connectivity index (χ2v) is 10.2. The number of benzene rings is 2. The van der Waals surface area contributed by atoms with Crippen molar-refractivity contribution in [1.29, 1.82) is 0 Å². The Morgan fingerprint density at radius 1 is 1.15 bits per heavy atom. The number of halogens is 1. The molecule has 1 saturated heterocycles. The van der Waals surface area contributed by atoms with Crippen molar-refractivity contribution in [2.75, 3.05) is 30.5 Å². The summed E-state index contributed by atoms with van der Waals surface area (Å²) >= 11 is 0. The number of rotatable bonds is 6. The van der Waals surface area contributed by atoms with Gasteiger partial charge >= 0.3 is 0 Å². The summed E-state index contributed by atoms with van der Waals surface area (Å²) in [6.45, 7) is 4.09. The summed E-state index contributed by atoms with van der Waals surface area (Å²) < 4.78 is 49.6. The Morgan fingerprint density at radius 2 is 1.91 bits per heavy atom. The monoisotopic (exact) mass is 469 g/mol. The van der Waals surface area contributed by atoms with Crippen molar-refractivity contribution in [2.24, 2.45) is 5.92 Å². The molecular formula is C24H24FN3O4S. The highest BCUT2D eigenvalue weighted by atomic mass is 32.2. The lowest BCUT2D eigenvalue weighted by Crippen LogP contribution is -2.23. The highest BCUT2D eigenvalue weighted by Crippen LogP contribution is 2.36. The van der Waals surface area contributed by atoms with Crippen LogP contribution < -0.4 is 14.4 Å². The molecule has 1 fully saturated rings. The summed E-state index contributed by atoms with van der Waals surface area (Å²) in [5.41, 5.74) is 2.40. The minimum absolute atomic E-state index is 0.170. The van der Waals surface area contributed by atoms with Gasteiger partial charge in [-0.1, -0.05) is 19.1 Å². The van der Waals surface area contributed by atoms with Crippen molar-refractivity contribution in [3.05, 3.63) is 60.2 Å². The van der Waals surface area contributed by atoms with Gasteiger partial charge in [-0.2, -0.15) is 0 Å². The Hall–Kier alpha value is -3.20. The molecule has 0 saturated carbocycles. The van der Waals surface area contributed by atoms with Crippen molar-refractivity contribution in [3.63, 3.8) is 0 Å². The van der Waals surface area contributed by atoms with E-state index in [0.29, 0.717) is 23.5 Å². The van der Waals surface area contributed by atoms with E-state index in [0.717, 1.165) is 37.4 Å². The van der Waals surface area contributed by atoms with Crippen molar-refractivity contribution < 1.29 is 22.3 Å². The van der Waals surface area contributed by atoms with Crippen molar-refractivity contribution in [1.82, 2.24) is 9.97 Å². The lowest BCUT2D eigenvalue weighted by molar-refractivity contribution is 0.250. The molecule has 172 valence electrons. The van der Waals surface area contributed by atoms with Gasteiger partial charge in [-0.15, -0.1) is 0 Å². The molecule has 2 aliphatic rings. The lowest BCUT2D eigenvalue weighted by Gasteiger charge is -2.17. The average molecular weight is 470 g/mol. The van der Waals surface area contributed by atoms with E-state index in [2.05, 4.69) is 21.8 Å². The van der Waals surface area contributed by atoms with Crippen LogP contribution in [-0.4, -0.2) is 44.0 Å². The molecule has 1 aromatic heterocycles. The van der Waals surface area contributed by atoms with Crippen molar-refractivity contribution >= 4 is 15.8 Å². The first-order chi connectivity index (χ1) is 15.9. The molecule has 0 bridgehead atoms. The minimum Gasteiger partial charge on any atom is -0.490 e. The fraction of sp³-hybridized carbons (Fsp3) is 0.333. The third kappa shape index (κ3) is 4.37. The lowest BCUT2D eigenvalue weighted by atomic mass is 10.0. The maximum absolute atomic E-state index is 14.7. The van der Waals surface area contributed by atoms with Gasteiger partial charge in [0.2, 0.25) is 15.8 Å². The van der Waals surface area contributed by atoms with E-state index in [1.54, 1.807) is 24.3 Å². The summed E-state index contributed by atoms with van der Waals surface area (Å²) in [5, 5.41) is 0. The van der Waals surface area contributed by atoms with E-state index in [4.69, 9.17) is 9.47 Å². The Balaban J connectivity index is 1.22. The van der Waals surface area contributed by atoms with Gasteiger partial charge in [-0.05, 0) is 53.8 Å². The number of ether oxygens (including phenoxy) is 2. The molecule has 3 heterocycles. The zero-order valence-corrected chi connectivity index (χ0v) is 19.0. The third-order valence-electron chi connectivity index (χ3n) is 6.06. The second-order valence-electron chi connectivity index (χ2n) is 8.34. The molecular weight excluding hydrogens is 445 g/mol. The molecule has 33 heavy (non-hydrogen) atoms. The predicted octanol–water partition coefficient (Wildman–Crippen LogP) is 3.87. The number of hydrogen-bond acceptors (Lipinski definition) is 7. The standard InChI is InChI=1S/C24H24FN3O4S/c1-2-16-11-26-24(27-12-16)28-8-7-17(13-28)14-31-21-5-3-18(9-20(21)25)19-4-6-23-22(10-19)32-15-33(23,29)30/h3-6,9-12,17H,2,7-8,13-15H2,1H3. The predicted molar refractivity (Wildman–Crippen MR) is 122 cm³/mol. The van der Waals surface area contributed by atoms with Gasteiger partial charge in [0.25, 0.3) is 0 Å². The zero-order chi connectivity index (χ0) is 23.0.